The van der Waals surface area contributed by atoms with Crippen LogP contribution >= 0.6 is 46.4 Å². The molecule has 0 saturated carbocycles. The number of anilines is 1. The lowest BCUT2D eigenvalue weighted by atomic mass is 10.0. The normalized spacial score (nSPS) is 16.7. The summed E-state index contributed by atoms with van der Waals surface area (Å²) in [6, 6.07) is 7.41. The van der Waals surface area contributed by atoms with E-state index in [1.807, 2.05) is 0 Å². The van der Waals surface area contributed by atoms with Gasteiger partial charge >= 0.3 is 12.0 Å². The molecule has 1 fully saturated rings. The Morgan fingerprint density at radius 2 is 1.61 bits per heavy atom. The smallest absolute Gasteiger partial charge is 0.326 e. The van der Waals surface area contributed by atoms with E-state index in [4.69, 9.17) is 46.4 Å². The van der Waals surface area contributed by atoms with Crippen molar-refractivity contribution in [1.29, 1.82) is 0 Å². The van der Waals surface area contributed by atoms with E-state index in [0.29, 0.717) is 15.7 Å². The summed E-state index contributed by atoms with van der Waals surface area (Å²) in [5, 5.41) is 15.6. The molecule has 1 aliphatic rings. The van der Waals surface area contributed by atoms with Gasteiger partial charge < -0.3 is 15.7 Å². The van der Waals surface area contributed by atoms with E-state index >= 15 is 0 Å². The standard InChI is InChI=1S/C20H17Cl4N3O4/c21-11-3-1-4-12(22)16(11)18(28)26-15(19(29)30)8-7-10-9-25-20(31)27(10)17-13(23)5-2-6-14(17)24/h1-6,10,15H,7-9H2,(H,25,31)(H,26,28)(H,29,30). The summed E-state index contributed by atoms with van der Waals surface area (Å²) in [7, 11) is 0. The summed E-state index contributed by atoms with van der Waals surface area (Å²) < 4.78 is 0. The van der Waals surface area contributed by atoms with Crippen molar-refractivity contribution < 1.29 is 19.5 Å². The first-order valence-corrected chi connectivity index (χ1v) is 10.7. The Bertz CT molecular complexity index is 993. The molecule has 0 bridgehead atoms. The van der Waals surface area contributed by atoms with E-state index < -0.39 is 30.0 Å². The number of hydrogen-bond acceptors (Lipinski definition) is 3. The summed E-state index contributed by atoms with van der Waals surface area (Å²) in [4.78, 5) is 38.1. The molecule has 2 unspecified atom stereocenters. The maximum absolute atomic E-state index is 12.6. The lowest BCUT2D eigenvalue weighted by Crippen LogP contribution is -2.43. The third kappa shape index (κ3) is 5.18. The average Bonchev–Trinajstić information content (AvgIpc) is 3.05. The predicted octanol–water partition coefficient (Wildman–Crippen LogP) is 4.86. The molecule has 2 aromatic rings. The Morgan fingerprint density at radius 1 is 1.06 bits per heavy atom. The molecule has 3 rings (SSSR count). The van der Waals surface area contributed by atoms with Crippen molar-refractivity contribution in [2.45, 2.75) is 24.9 Å². The van der Waals surface area contributed by atoms with E-state index in [1.165, 1.54) is 17.0 Å². The number of benzene rings is 2. The first-order valence-electron chi connectivity index (χ1n) is 9.19. The molecule has 164 valence electrons. The number of carbonyl (C=O) groups excluding carboxylic acids is 2. The monoisotopic (exact) mass is 503 g/mol. The fourth-order valence-electron chi connectivity index (χ4n) is 3.34. The first-order chi connectivity index (χ1) is 14.7. The van der Waals surface area contributed by atoms with Gasteiger partial charge in [-0.15, -0.1) is 0 Å². The van der Waals surface area contributed by atoms with Crippen LogP contribution in [-0.2, 0) is 4.79 Å². The van der Waals surface area contributed by atoms with Crippen molar-refractivity contribution in [3.8, 4) is 0 Å². The Balaban J connectivity index is 1.74. The van der Waals surface area contributed by atoms with Gasteiger partial charge in [0.05, 0.1) is 37.4 Å². The van der Waals surface area contributed by atoms with Crippen LogP contribution in [0.5, 0.6) is 0 Å². The summed E-state index contributed by atoms with van der Waals surface area (Å²) in [6.45, 7) is 0.275. The second-order valence-electron chi connectivity index (χ2n) is 6.82. The molecule has 1 aliphatic heterocycles. The number of nitrogens with zero attached hydrogens (tertiary/aromatic N) is 1. The van der Waals surface area contributed by atoms with E-state index in [0.717, 1.165) is 0 Å². The van der Waals surface area contributed by atoms with Crippen molar-refractivity contribution in [1.82, 2.24) is 10.6 Å². The minimum absolute atomic E-state index is 0.000676. The predicted molar refractivity (Wildman–Crippen MR) is 121 cm³/mol. The highest BCUT2D eigenvalue weighted by Crippen LogP contribution is 2.36. The Morgan fingerprint density at radius 3 is 2.16 bits per heavy atom. The zero-order valence-corrected chi connectivity index (χ0v) is 18.9. The van der Waals surface area contributed by atoms with Crippen molar-refractivity contribution in [2.75, 3.05) is 11.4 Å². The molecule has 0 aliphatic carbocycles. The third-order valence-corrected chi connectivity index (χ3v) is 6.07. The van der Waals surface area contributed by atoms with Gasteiger partial charge in [0.2, 0.25) is 0 Å². The molecule has 0 radical (unpaired) electrons. The van der Waals surface area contributed by atoms with E-state index in [-0.39, 0.29) is 35.0 Å². The van der Waals surface area contributed by atoms with Crippen LogP contribution in [-0.4, -0.2) is 41.6 Å². The second kappa shape index (κ2) is 9.96. The number of carboxylic acid groups (broad SMARTS) is 1. The minimum Gasteiger partial charge on any atom is -0.480 e. The number of hydrogen-bond donors (Lipinski definition) is 3. The summed E-state index contributed by atoms with van der Waals surface area (Å²) in [6.07, 6.45) is 0.301. The van der Waals surface area contributed by atoms with Gasteiger partial charge in [0.25, 0.3) is 5.91 Å². The van der Waals surface area contributed by atoms with Crippen LogP contribution in [0.25, 0.3) is 0 Å². The van der Waals surface area contributed by atoms with Gasteiger partial charge in [-0.05, 0) is 37.1 Å². The SMILES string of the molecule is O=C(NC(CCC1CNC(=O)N1c1c(Cl)cccc1Cl)C(=O)O)c1c(Cl)cccc1Cl. The molecular formula is C20H17Cl4N3O4. The zero-order chi connectivity index (χ0) is 22.7. The van der Waals surface area contributed by atoms with Gasteiger partial charge in [0.15, 0.2) is 0 Å². The second-order valence-corrected chi connectivity index (χ2v) is 8.45. The van der Waals surface area contributed by atoms with Crippen LogP contribution in [0.15, 0.2) is 36.4 Å². The highest BCUT2D eigenvalue weighted by atomic mass is 35.5. The van der Waals surface area contributed by atoms with Gasteiger partial charge in [-0.3, -0.25) is 9.69 Å². The Kier molecular flexibility index (Phi) is 7.54. The van der Waals surface area contributed by atoms with E-state index in [2.05, 4.69) is 10.6 Å². The van der Waals surface area contributed by atoms with Crippen LogP contribution in [0.3, 0.4) is 0 Å². The zero-order valence-electron chi connectivity index (χ0n) is 15.9. The largest absolute Gasteiger partial charge is 0.480 e. The highest BCUT2D eigenvalue weighted by molar-refractivity contribution is 6.40. The number of para-hydroxylation sites is 1. The van der Waals surface area contributed by atoms with Crippen LogP contribution in [0.1, 0.15) is 23.2 Å². The van der Waals surface area contributed by atoms with Crippen molar-refractivity contribution >= 4 is 70.0 Å². The van der Waals surface area contributed by atoms with Crippen LogP contribution < -0.4 is 15.5 Å². The molecule has 1 heterocycles. The lowest BCUT2D eigenvalue weighted by Gasteiger charge is -2.26. The van der Waals surface area contributed by atoms with Crippen LogP contribution in [0.4, 0.5) is 10.5 Å². The highest BCUT2D eigenvalue weighted by Gasteiger charge is 2.35. The van der Waals surface area contributed by atoms with Crippen molar-refractivity contribution in [3.63, 3.8) is 0 Å². The molecule has 0 spiro atoms. The molecule has 7 nitrogen and oxygen atoms in total. The summed E-state index contributed by atoms with van der Waals surface area (Å²) in [5.41, 5.74) is 0.351. The molecule has 3 N–H and O–H groups in total. The molecular weight excluding hydrogens is 488 g/mol. The number of halogens is 4. The quantitative estimate of drug-likeness (QED) is 0.501. The van der Waals surface area contributed by atoms with E-state index in [9.17, 15) is 19.5 Å². The van der Waals surface area contributed by atoms with Gasteiger partial charge in [-0.1, -0.05) is 58.5 Å². The maximum atomic E-state index is 12.6. The van der Waals surface area contributed by atoms with E-state index in [1.54, 1.807) is 24.3 Å². The summed E-state index contributed by atoms with van der Waals surface area (Å²) in [5.74, 6) is -1.93. The molecule has 2 atom stereocenters. The van der Waals surface area contributed by atoms with Crippen LogP contribution in [0, 0.1) is 0 Å². The summed E-state index contributed by atoms with van der Waals surface area (Å²) >= 11 is 24.5. The van der Waals surface area contributed by atoms with Crippen molar-refractivity contribution in [2.24, 2.45) is 0 Å². The third-order valence-electron chi connectivity index (χ3n) is 4.83. The number of amides is 3. The first kappa shape index (κ1) is 23.5. The van der Waals surface area contributed by atoms with Gasteiger partial charge in [-0.2, -0.15) is 0 Å². The number of carbonyl (C=O) groups is 3. The van der Waals surface area contributed by atoms with Gasteiger partial charge in [0, 0.05) is 6.54 Å². The van der Waals surface area contributed by atoms with Crippen molar-refractivity contribution in [3.05, 3.63) is 62.1 Å². The average molecular weight is 505 g/mol. The maximum Gasteiger partial charge on any atom is 0.326 e. The fourth-order valence-corrected chi connectivity index (χ4v) is 4.49. The molecule has 11 heteroatoms. The number of nitrogens with one attached hydrogen (secondary N) is 2. The molecule has 0 aromatic heterocycles. The Hall–Kier alpha value is -2.19. The number of rotatable bonds is 7. The van der Waals surface area contributed by atoms with Gasteiger partial charge in [-0.25, -0.2) is 9.59 Å². The Labute approximate surface area is 198 Å². The van der Waals surface area contributed by atoms with Crippen LogP contribution in [0.2, 0.25) is 20.1 Å². The molecule has 31 heavy (non-hydrogen) atoms. The number of aliphatic carboxylic acids is 1. The minimum atomic E-state index is -1.23. The lowest BCUT2D eigenvalue weighted by molar-refractivity contribution is -0.139. The fraction of sp³-hybridized carbons (Fsp3) is 0.250. The number of carboxylic acids is 1. The van der Waals surface area contributed by atoms with Gasteiger partial charge in [0.1, 0.15) is 6.04 Å². The molecule has 2 aromatic carbocycles. The molecule has 3 amide bonds. The molecule has 1 saturated heterocycles. The number of urea groups is 1. The topological polar surface area (TPSA) is 98.7 Å².